The topological polar surface area (TPSA) is 56.2 Å². The van der Waals surface area contributed by atoms with Crippen molar-refractivity contribution in [1.29, 1.82) is 0 Å². The quantitative estimate of drug-likeness (QED) is 0.740. The minimum absolute atomic E-state index is 0.0980. The van der Waals surface area contributed by atoms with Crippen LogP contribution < -0.4 is 5.73 Å². The fourth-order valence-electron chi connectivity index (χ4n) is 1.46. The zero-order valence-corrected chi connectivity index (χ0v) is 8.51. The van der Waals surface area contributed by atoms with Crippen LogP contribution in [-0.4, -0.2) is 14.6 Å². The average molecular weight is 200 g/mol. The van der Waals surface area contributed by atoms with Crippen molar-refractivity contribution in [2.45, 2.75) is 19.4 Å². The Kier molecular flexibility index (Phi) is 2.66. The van der Waals surface area contributed by atoms with E-state index in [0.29, 0.717) is 6.42 Å². The van der Waals surface area contributed by atoms with Crippen molar-refractivity contribution in [2.75, 3.05) is 0 Å². The van der Waals surface area contributed by atoms with Gasteiger partial charge in [-0.15, -0.1) is 11.8 Å². The summed E-state index contributed by atoms with van der Waals surface area (Å²) in [6.45, 7) is 1.81. The van der Waals surface area contributed by atoms with Gasteiger partial charge in [-0.1, -0.05) is 0 Å². The maximum Gasteiger partial charge on any atom is 0.0892 e. The zero-order chi connectivity index (χ0) is 10.7. The van der Waals surface area contributed by atoms with Crippen LogP contribution >= 0.6 is 0 Å². The first-order valence-electron chi connectivity index (χ1n) is 4.75. The highest BCUT2D eigenvalue weighted by Gasteiger charge is 2.10. The van der Waals surface area contributed by atoms with Crippen LogP contribution in [0, 0.1) is 11.8 Å². The highest BCUT2D eigenvalue weighted by molar-refractivity contribution is 5.53. The molecular weight excluding hydrogens is 188 g/mol. The summed E-state index contributed by atoms with van der Waals surface area (Å²) in [7, 11) is 0. The molecule has 0 fully saturated rings. The molecule has 2 aromatic rings. The second-order valence-electron chi connectivity index (χ2n) is 3.24. The number of fused-ring (bicyclic) bond motifs is 1. The van der Waals surface area contributed by atoms with Crippen LogP contribution in [0.25, 0.3) is 5.52 Å². The number of aromatic nitrogens is 3. The van der Waals surface area contributed by atoms with E-state index in [9.17, 15) is 0 Å². The lowest BCUT2D eigenvalue weighted by atomic mass is 10.1. The maximum atomic E-state index is 6.01. The van der Waals surface area contributed by atoms with E-state index in [1.807, 2.05) is 6.92 Å². The van der Waals surface area contributed by atoms with Gasteiger partial charge in [-0.05, 0) is 6.92 Å². The Hall–Kier alpha value is -1.86. The molecule has 0 aliphatic rings. The first-order valence-corrected chi connectivity index (χ1v) is 4.75. The van der Waals surface area contributed by atoms with E-state index in [-0.39, 0.29) is 6.04 Å². The van der Waals surface area contributed by atoms with Gasteiger partial charge in [-0.2, -0.15) is 5.10 Å². The van der Waals surface area contributed by atoms with E-state index >= 15 is 0 Å². The summed E-state index contributed by atoms with van der Waals surface area (Å²) in [6.07, 6.45) is 7.69. The van der Waals surface area contributed by atoms with Crippen LogP contribution in [0.3, 0.4) is 0 Å². The highest BCUT2D eigenvalue weighted by atomic mass is 15.2. The van der Waals surface area contributed by atoms with Crippen LogP contribution in [-0.2, 0) is 0 Å². The normalized spacial score (nSPS) is 12.1. The minimum atomic E-state index is -0.0980. The van der Waals surface area contributed by atoms with E-state index in [0.717, 1.165) is 11.1 Å². The lowest BCUT2D eigenvalue weighted by molar-refractivity contribution is 0.760. The summed E-state index contributed by atoms with van der Waals surface area (Å²) >= 11 is 0. The van der Waals surface area contributed by atoms with Crippen molar-refractivity contribution in [2.24, 2.45) is 5.73 Å². The van der Waals surface area contributed by atoms with Gasteiger partial charge in [0.15, 0.2) is 0 Å². The summed E-state index contributed by atoms with van der Waals surface area (Å²) in [6, 6.07) is -0.0980. The van der Waals surface area contributed by atoms with E-state index in [2.05, 4.69) is 21.9 Å². The van der Waals surface area contributed by atoms with Crippen molar-refractivity contribution in [1.82, 2.24) is 14.6 Å². The molecule has 1 unspecified atom stereocenters. The number of nitrogens with two attached hydrogens (primary N) is 1. The van der Waals surface area contributed by atoms with Crippen LogP contribution in [0.15, 0.2) is 24.8 Å². The van der Waals surface area contributed by atoms with E-state index in [4.69, 9.17) is 5.73 Å². The van der Waals surface area contributed by atoms with Crippen molar-refractivity contribution in [3.8, 4) is 11.8 Å². The summed E-state index contributed by atoms with van der Waals surface area (Å²) < 4.78 is 1.77. The molecule has 0 bridgehead atoms. The SMILES string of the molecule is CC#CCC(N)c1cnn2ccncc12. The van der Waals surface area contributed by atoms with Gasteiger partial charge in [-0.25, -0.2) is 4.52 Å². The smallest absolute Gasteiger partial charge is 0.0892 e. The largest absolute Gasteiger partial charge is 0.323 e. The van der Waals surface area contributed by atoms with Gasteiger partial charge in [-0.3, -0.25) is 4.98 Å². The van der Waals surface area contributed by atoms with Gasteiger partial charge in [0.1, 0.15) is 0 Å². The van der Waals surface area contributed by atoms with Crippen LogP contribution in [0.5, 0.6) is 0 Å². The first kappa shape index (κ1) is 9.69. The average Bonchev–Trinajstić information content (AvgIpc) is 2.69. The van der Waals surface area contributed by atoms with Gasteiger partial charge in [0.25, 0.3) is 0 Å². The van der Waals surface area contributed by atoms with Gasteiger partial charge >= 0.3 is 0 Å². The molecule has 2 N–H and O–H groups in total. The second kappa shape index (κ2) is 4.11. The van der Waals surface area contributed by atoms with Gasteiger partial charge in [0.2, 0.25) is 0 Å². The number of rotatable bonds is 2. The molecule has 2 rings (SSSR count). The van der Waals surface area contributed by atoms with Crippen molar-refractivity contribution < 1.29 is 0 Å². The van der Waals surface area contributed by atoms with Gasteiger partial charge in [0.05, 0.1) is 17.9 Å². The molecule has 0 saturated heterocycles. The summed E-state index contributed by atoms with van der Waals surface area (Å²) in [5.74, 6) is 5.80. The van der Waals surface area contributed by atoms with Crippen molar-refractivity contribution in [3.63, 3.8) is 0 Å². The minimum Gasteiger partial charge on any atom is -0.323 e. The number of nitrogens with zero attached hydrogens (tertiary/aromatic N) is 3. The summed E-state index contributed by atoms with van der Waals surface area (Å²) in [4.78, 5) is 4.06. The Morgan fingerprint density at radius 1 is 1.53 bits per heavy atom. The highest BCUT2D eigenvalue weighted by Crippen LogP contribution is 2.18. The molecule has 1 atom stereocenters. The number of hydrogen-bond donors (Lipinski definition) is 1. The molecule has 0 aromatic carbocycles. The third-order valence-corrected chi connectivity index (χ3v) is 2.25. The first-order chi connectivity index (χ1) is 7.33. The summed E-state index contributed by atoms with van der Waals surface area (Å²) in [5, 5.41) is 4.20. The standard InChI is InChI=1S/C11H12N4/c1-2-3-4-10(12)9-7-14-15-6-5-13-8-11(9)15/h5-8,10H,4,12H2,1H3. The molecule has 2 aromatic heterocycles. The van der Waals surface area contributed by atoms with Gasteiger partial charge in [0, 0.05) is 30.4 Å². The number of hydrogen-bond acceptors (Lipinski definition) is 3. The molecule has 0 saturated carbocycles. The molecule has 15 heavy (non-hydrogen) atoms. The van der Waals surface area contributed by atoms with Gasteiger partial charge < -0.3 is 5.73 Å². The molecule has 0 amide bonds. The van der Waals surface area contributed by atoms with E-state index in [1.165, 1.54) is 0 Å². The molecule has 76 valence electrons. The molecule has 0 radical (unpaired) electrons. The fraction of sp³-hybridized carbons (Fsp3) is 0.273. The lowest BCUT2D eigenvalue weighted by Gasteiger charge is -2.04. The molecule has 0 aliphatic carbocycles. The maximum absolute atomic E-state index is 6.01. The Morgan fingerprint density at radius 3 is 3.20 bits per heavy atom. The van der Waals surface area contributed by atoms with Crippen LogP contribution in [0.4, 0.5) is 0 Å². The third kappa shape index (κ3) is 1.83. The Balaban J connectivity index is 2.37. The molecule has 0 aliphatic heterocycles. The molecular formula is C11H12N4. The van der Waals surface area contributed by atoms with Crippen molar-refractivity contribution >= 4 is 5.52 Å². The Bertz CT molecular complexity index is 518. The monoisotopic (exact) mass is 200 g/mol. The molecule has 2 heterocycles. The Labute approximate surface area is 88.1 Å². The van der Waals surface area contributed by atoms with Crippen LogP contribution in [0.1, 0.15) is 24.9 Å². The lowest BCUT2D eigenvalue weighted by Crippen LogP contribution is -2.08. The Morgan fingerprint density at radius 2 is 2.40 bits per heavy atom. The molecule has 4 heteroatoms. The third-order valence-electron chi connectivity index (χ3n) is 2.25. The molecule has 4 nitrogen and oxygen atoms in total. The van der Waals surface area contributed by atoms with Crippen LogP contribution in [0.2, 0.25) is 0 Å². The summed E-state index contributed by atoms with van der Waals surface area (Å²) in [5.41, 5.74) is 7.95. The second-order valence-corrected chi connectivity index (χ2v) is 3.24. The van der Waals surface area contributed by atoms with E-state index in [1.54, 1.807) is 29.3 Å². The van der Waals surface area contributed by atoms with E-state index < -0.39 is 0 Å². The zero-order valence-electron chi connectivity index (χ0n) is 8.51. The predicted molar refractivity (Wildman–Crippen MR) is 58.0 cm³/mol. The van der Waals surface area contributed by atoms with Crippen molar-refractivity contribution in [3.05, 3.63) is 30.4 Å². The predicted octanol–water partition coefficient (Wildman–Crippen LogP) is 1.14. The molecule has 0 spiro atoms. The fourth-order valence-corrected chi connectivity index (χ4v) is 1.46.